The van der Waals surface area contributed by atoms with Gasteiger partial charge in [0, 0.05) is 0 Å². The average molecular weight is 273 g/mol. The summed E-state index contributed by atoms with van der Waals surface area (Å²) < 4.78 is 5.07. The van der Waals surface area contributed by atoms with Gasteiger partial charge in [0.25, 0.3) is 0 Å². The van der Waals surface area contributed by atoms with Gasteiger partial charge in [-0.1, -0.05) is 31.2 Å². The van der Waals surface area contributed by atoms with Gasteiger partial charge in [0.05, 0.1) is 19.2 Å². The van der Waals surface area contributed by atoms with Gasteiger partial charge in [0.1, 0.15) is 11.9 Å². The van der Waals surface area contributed by atoms with Crippen molar-refractivity contribution >= 4 is 5.91 Å². The number of rotatable bonds is 6. The van der Waals surface area contributed by atoms with Gasteiger partial charge < -0.3 is 14.8 Å². The van der Waals surface area contributed by atoms with Crippen LogP contribution in [0.2, 0.25) is 0 Å². The normalized spacial score (nSPS) is 12.1. The summed E-state index contributed by atoms with van der Waals surface area (Å²) in [6.07, 6.45) is 1.99. The predicted molar refractivity (Wildman–Crippen MR) is 76.2 cm³/mol. The van der Waals surface area contributed by atoms with Crippen molar-refractivity contribution in [2.24, 2.45) is 0 Å². The van der Waals surface area contributed by atoms with E-state index in [0.29, 0.717) is 12.2 Å². The second-order valence-corrected chi connectivity index (χ2v) is 4.68. The van der Waals surface area contributed by atoms with Crippen LogP contribution in [-0.4, -0.2) is 17.6 Å². The summed E-state index contributed by atoms with van der Waals surface area (Å²) in [5.41, 5.74) is 2.22. The molecule has 1 amide bonds. The molecule has 0 radical (unpaired) electrons. The monoisotopic (exact) mass is 273 g/mol. The van der Waals surface area contributed by atoms with Crippen LogP contribution in [0.4, 0.5) is 0 Å². The lowest BCUT2D eigenvalue weighted by atomic mass is 10.1. The van der Waals surface area contributed by atoms with E-state index in [1.54, 1.807) is 12.1 Å². The third-order valence-electron chi connectivity index (χ3n) is 3.16. The summed E-state index contributed by atoms with van der Waals surface area (Å²) in [6.45, 7) is 2.25. The Morgan fingerprint density at radius 3 is 2.55 bits per heavy atom. The van der Waals surface area contributed by atoms with Gasteiger partial charge in [-0.05, 0) is 29.7 Å². The second kappa shape index (κ2) is 6.91. The van der Waals surface area contributed by atoms with Gasteiger partial charge in [-0.15, -0.1) is 0 Å². The Bertz CT molecular complexity index is 531. The molecule has 0 aliphatic carbocycles. The quantitative estimate of drug-likeness (QED) is 0.848. The van der Waals surface area contributed by atoms with Crippen LogP contribution in [0.1, 0.15) is 29.9 Å². The molecule has 4 nitrogen and oxygen atoms in total. The molecule has 0 bridgehead atoms. The standard InChI is InChI=1S/C16H19NO3/c1-2-12-5-7-13(8-6-12)10-16(19)17-11-14(18)15-4-3-9-20-15/h3-9,14,18H,2,10-11H2,1H3,(H,17,19)/t14-/m1/s1. The Morgan fingerprint density at radius 1 is 1.25 bits per heavy atom. The van der Waals surface area contributed by atoms with Crippen molar-refractivity contribution in [1.29, 1.82) is 0 Å². The number of aliphatic hydroxyl groups excluding tert-OH is 1. The minimum absolute atomic E-state index is 0.111. The van der Waals surface area contributed by atoms with Crippen LogP contribution in [0.3, 0.4) is 0 Å². The first-order valence-electron chi connectivity index (χ1n) is 6.75. The summed E-state index contributed by atoms with van der Waals surface area (Å²) in [5, 5.41) is 12.5. The number of amides is 1. The molecule has 2 aromatic rings. The number of carbonyl (C=O) groups is 1. The number of hydrogen-bond donors (Lipinski definition) is 2. The molecule has 4 heteroatoms. The van der Waals surface area contributed by atoms with Crippen LogP contribution in [0.5, 0.6) is 0 Å². The van der Waals surface area contributed by atoms with Gasteiger partial charge in [-0.25, -0.2) is 0 Å². The summed E-state index contributed by atoms with van der Waals surface area (Å²) in [5.74, 6) is 0.345. The molecule has 2 N–H and O–H groups in total. The molecule has 0 spiro atoms. The fraction of sp³-hybridized carbons (Fsp3) is 0.312. The molecule has 0 saturated carbocycles. The van der Waals surface area contributed by atoms with E-state index in [2.05, 4.69) is 12.2 Å². The van der Waals surface area contributed by atoms with E-state index < -0.39 is 6.10 Å². The average Bonchev–Trinajstić information content (AvgIpc) is 3.00. The smallest absolute Gasteiger partial charge is 0.224 e. The third kappa shape index (κ3) is 3.96. The molecule has 1 heterocycles. The molecule has 1 atom stereocenters. The van der Waals surface area contributed by atoms with E-state index in [4.69, 9.17) is 4.42 Å². The highest BCUT2D eigenvalue weighted by molar-refractivity contribution is 5.78. The van der Waals surface area contributed by atoms with E-state index in [-0.39, 0.29) is 12.5 Å². The Hall–Kier alpha value is -2.07. The first-order valence-corrected chi connectivity index (χ1v) is 6.75. The highest BCUT2D eigenvalue weighted by Gasteiger charge is 2.12. The maximum atomic E-state index is 11.8. The van der Waals surface area contributed by atoms with Gasteiger partial charge in [-0.2, -0.15) is 0 Å². The van der Waals surface area contributed by atoms with Crippen LogP contribution < -0.4 is 5.32 Å². The second-order valence-electron chi connectivity index (χ2n) is 4.68. The molecule has 20 heavy (non-hydrogen) atoms. The number of aryl methyl sites for hydroxylation is 1. The fourth-order valence-electron chi connectivity index (χ4n) is 1.93. The lowest BCUT2D eigenvalue weighted by Crippen LogP contribution is -2.29. The lowest BCUT2D eigenvalue weighted by Gasteiger charge is -2.09. The number of hydrogen-bond acceptors (Lipinski definition) is 3. The largest absolute Gasteiger partial charge is 0.467 e. The van der Waals surface area contributed by atoms with Crippen molar-refractivity contribution in [2.75, 3.05) is 6.54 Å². The molecule has 0 aliphatic rings. The molecular formula is C16H19NO3. The van der Waals surface area contributed by atoms with E-state index in [9.17, 15) is 9.90 Å². The van der Waals surface area contributed by atoms with Crippen molar-refractivity contribution < 1.29 is 14.3 Å². The maximum absolute atomic E-state index is 11.8. The Labute approximate surface area is 118 Å². The van der Waals surface area contributed by atoms with Gasteiger partial charge in [0.2, 0.25) is 5.91 Å². The number of benzene rings is 1. The molecule has 1 aromatic heterocycles. The van der Waals surface area contributed by atoms with E-state index in [1.807, 2.05) is 24.3 Å². The van der Waals surface area contributed by atoms with Crippen LogP contribution in [0.15, 0.2) is 47.1 Å². The zero-order valence-corrected chi connectivity index (χ0v) is 11.5. The van der Waals surface area contributed by atoms with Gasteiger partial charge in [-0.3, -0.25) is 4.79 Å². The molecule has 1 aromatic carbocycles. The fourth-order valence-corrected chi connectivity index (χ4v) is 1.93. The number of nitrogens with one attached hydrogen (secondary N) is 1. The van der Waals surface area contributed by atoms with Crippen LogP contribution >= 0.6 is 0 Å². The highest BCUT2D eigenvalue weighted by atomic mass is 16.4. The molecule has 0 aliphatic heterocycles. The highest BCUT2D eigenvalue weighted by Crippen LogP contribution is 2.11. The van der Waals surface area contributed by atoms with Crippen LogP contribution in [0.25, 0.3) is 0 Å². The van der Waals surface area contributed by atoms with Crippen LogP contribution in [-0.2, 0) is 17.6 Å². The number of carbonyl (C=O) groups excluding carboxylic acids is 1. The molecule has 2 rings (SSSR count). The number of furan rings is 1. The Morgan fingerprint density at radius 2 is 1.95 bits per heavy atom. The van der Waals surface area contributed by atoms with Crippen molar-refractivity contribution in [2.45, 2.75) is 25.9 Å². The SMILES string of the molecule is CCc1ccc(CC(=O)NC[C@@H](O)c2ccco2)cc1. The predicted octanol–water partition coefficient (Wildman–Crippen LogP) is 2.23. The van der Waals surface area contributed by atoms with Gasteiger partial charge in [0.15, 0.2) is 0 Å². The van der Waals surface area contributed by atoms with Crippen molar-refractivity contribution in [3.63, 3.8) is 0 Å². The molecular weight excluding hydrogens is 254 g/mol. The minimum Gasteiger partial charge on any atom is -0.467 e. The molecule has 0 fully saturated rings. The first kappa shape index (κ1) is 14.3. The van der Waals surface area contributed by atoms with Crippen molar-refractivity contribution in [3.8, 4) is 0 Å². The summed E-state index contributed by atoms with van der Waals surface area (Å²) >= 11 is 0. The van der Waals surface area contributed by atoms with Crippen molar-refractivity contribution in [3.05, 3.63) is 59.5 Å². The topological polar surface area (TPSA) is 62.5 Å². The minimum atomic E-state index is -0.809. The Balaban J connectivity index is 1.80. The van der Waals surface area contributed by atoms with Crippen LogP contribution in [0, 0.1) is 0 Å². The number of aliphatic hydroxyl groups is 1. The van der Waals surface area contributed by atoms with Crippen molar-refractivity contribution in [1.82, 2.24) is 5.32 Å². The summed E-state index contributed by atoms with van der Waals surface area (Å²) in [7, 11) is 0. The summed E-state index contributed by atoms with van der Waals surface area (Å²) in [4.78, 5) is 11.8. The van der Waals surface area contributed by atoms with E-state index in [0.717, 1.165) is 12.0 Å². The Kier molecular flexibility index (Phi) is 4.96. The lowest BCUT2D eigenvalue weighted by molar-refractivity contribution is -0.120. The zero-order valence-electron chi connectivity index (χ0n) is 11.5. The van der Waals surface area contributed by atoms with E-state index >= 15 is 0 Å². The van der Waals surface area contributed by atoms with Gasteiger partial charge >= 0.3 is 0 Å². The molecule has 0 unspecified atom stereocenters. The summed E-state index contributed by atoms with van der Waals surface area (Å²) in [6, 6.07) is 11.4. The zero-order chi connectivity index (χ0) is 14.4. The maximum Gasteiger partial charge on any atom is 0.224 e. The first-order chi connectivity index (χ1) is 9.69. The molecule has 106 valence electrons. The molecule has 0 saturated heterocycles. The third-order valence-corrected chi connectivity index (χ3v) is 3.16. The van der Waals surface area contributed by atoms with E-state index in [1.165, 1.54) is 11.8 Å².